The Balaban J connectivity index is 2.00. The number of benzene rings is 2. The van der Waals surface area contributed by atoms with Gasteiger partial charge < -0.3 is 9.84 Å². The number of aromatic hydroxyl groups is 1. The second-order valence-electron chi connectivity index (χ2n) is 4.44. The van der Waals surface area contributed by atoms with Crippen LogP contribution in [0.15, 0.2) is 60.7 Å². The fourth-order valence-electron chi connectivity index (χ4n) is 1.74. The van der Waals surface area contributed by atoms with Crippen molar-refractivity contribution in [2.45, 2.75) is 0 Å². The quantitative estimate of drug-likeness (QED) is 0.849. The lowest BCUT2D eigenvalue weighted by Gasteiger charge is -1.99. The van der Waals surface area contributed by atoms with Crippen molar-refractivity contribution < 1.29 is 14.6 Å². The first-order valence-electron chi connectivity index (χ1n) is 6.50. The minimum Gasteiger partial charge on any atom is -0.508 e. The van der Waals surface area contributed by atoms with Crippen molar-refractivity contribution in [1.82, 2.24) is 0 Å². The number of phenolic OH excluding ortho intramolecular Hbond substituents is 1. The van der Waals surface area contributed by atoms with Crippen molar-refractivity contribution in [3.8, 4) is 11.5 Å². The average molecular weight is 280 g/mol. The van der Waals surface area contributed by atoms with Gasteiger partial charge in [0.25, 0.3) is 0 Å². The molecule has 0 atom stereocenters. The second-order valence-corrected chi connectivity index (χ2v) is 4.44. The Morgan fingerprint density at radius 1 is 1.00 bits per heavy atom. The molecule has 0 heterocycles. The van der Waals surface area contributed by atoms with Gasteiger partial charge in [-0.05, 0) is 47.5 Å². The largest absolute Gasteiger partial charge is 0.508 e. The fraction of sp³-hybridized carbons (Fsp3) is 0.0556. The molecule has 0 radical (unpaired) electrons. The number of methoxy groups -OCH3 is 1. The summed E-state index contributed by atoms with van der Waals surface area (Å²) in [6.07, 6.45) is 6.44. The van der Waals surface area contributed by atoms with Crippen molar-refractivity contribution in [1.29, 1.82) is 0 Å². The molecule has 0 aliphatic heterocycles. The molecule has 0 aromatic heterocycles. The summed E-state index contributed by atoms with van der Waals surface area (Å²) in [5, 5.41) is 9.17. The van der Waals surface area contributed by atoms with E-state index in [0.29, 0.717) is 0 Å². The minimum atomic E-state index is -0.106. The van der Waals surface area contributed by atoms with Gasteiger partial charge in [0.1, 0.15) is 11.5 Å². The Hall–Kier alpha value is -2.81. The Morgan fingerprint density at radius 3 is 2.33 bits per heavy atom. The van der Waals surface area contributed by atoms with Crippen LogP contribution in [-0.2, 0) is 4.79 Å². The van der Waals surface area contributed by atoms with Crippen molar-refractivity contribution >= 4 is 17.9 Å². The van der Waals surface area contributed by atoms with Crippen LogP contribution in [0.3, 0.4) is 0 Å². The second kappa shape index (κ2) is 7.10. The van der Waals surface area contributed by atoms with Crippen LogP contribution >= 0.6 is 0 Å². The van der Waals surface area contributed by atoms with E-state index < -0.39 is 0 Å². The topological polar surface area (TPSA) is 46.5 Å². The van der Waals surface area contributed by atoms with Crippen molar-refractivity contribution in [2.75, 3.05) is 7.11 Å². The van der Waals surface area contributed by atoms with Crippen molar-refractivity contribution in [3.63, 3.8) is 0 Å². The Morgan fingerprint density at radius 2 is 1.67 bits per heavy atom. The molecule has 1 N–H and O–H groups in total. The first-order chi connectivity index (χ1) is 10.2. The molecule has 0 saturated heterocycles. The SMILES string of the molecule is COc1cccc(/C=C/C(=O)/C=C/c2ccc(O)cc2)c1. The van der Waals surface area contributed by atoms with E-state index in [-0.39, 0.29) is 11.5 Å². The van der Waals surface area contributed by atoms with E-state index in [2.05, 4.69) is 0 Å². The lowest BCUT2D eigenvalue weighted by molar-refractivity contribution is -0.110. The highest BCUT2D eigenvalue weighted by Crippen LogP contribution is 2.14. The summed E-state index contributed by atoms with van der Waals surface area (Å²) in [4.78, 5) is 11.8. The highest BCUT2D eigenvalue weighted by Gasteiger charge is 1.94. The molecular formula is C18H16O3. The first kappa shape index (κ1) is 14.6. The van der Waals surface area contributed by atoms with E-state index in [1.54, 1.807) is 43.5 Å². The third-order valence-corrected chi connectivity index (χ3v) is 2.87. The molecule has 3 heteroatoms. The highest BCUT2D eigenvalue weighted by atomic mass is 16.5. The monoisotopic (exact) mass is 280 g/mol. The first-order valence-corrected chi connectivity index (χ1v) is 6.50. The Kier molecular flexibility index (Phi) is 4.94. The predicted molar refractivity (Wildman–Crippen MR) is 84.2 cm³/mol. The number of rotatable bonds is 5. The van der Waals surface area contributed by atoms with E-state index in [1.165, 1.54) is 12.2 Å². The molecule has 2 aromatic carbocycles. The van der Waals surface area contributed by atoms with Crippen molar-refractivity contribution in [3.05, 3.63) is 71.8 Å². The Bertz CT molecular complexity index is 667. The van der Waals surface area contributed by atoms with Gasteiger partial charge in [0.05, 0.1) is 7.11 Å². The molecular weight excluding hydrogens is 264 g/mol. The van der Waals surface area contributed by atoms with Crippen LogP contribution in [0, 0.1) is 0 Å². The summed E-state index contributed by atoms with van der Waals surface area (Å²) in [5.74, 6) is 0.853. The molecule has 2 rings (SSSR count). The van der Waals surface area contributed by atoms with E-state index in [0.717, 1.165) is 16.9 Å². The lowest BCUT2D eigenvalue weighted by Crippen LogP contribution is -1.86. The molecule has 3 nitrogen and oxygen atoms in total. The van der Waals surface area contributed by atoms with E-state index >= 15 is 0 Å². The molecule has 106 valence electrons. The van der Waals surface area contributed by atoms with Crippen molar-refractivity contribution in [2.24, 2.45) is 0 Å². The van der Waals surface area contributed by atoms with Gasteiger partial charge in [-0.25, -0.2) is 0 Å². The van der Waals surface area contributed by atoms with Crippen LogP contribution in [0.1, 0.15) is 11.1 Å². The summed E-state index contributed by atoms with van der Waals surface area (Å²) in [7, 11) is 1.61. The summed E-state index contributed by atoms with van der Waals surface area (Å²) in [5.41, 5.74) is 1.76. The molecule has 0 saturated carbocycles. The summed E-state index contributed by atoms with van der Waals surface area (Å²) < 4.78 is 5.12. The number of ether oxygens (including phenoxy) is 1. The maximum Gasteiger partial charge on any atom is 0.178 e. The van der Waals surface area contributed by atoms with Gasteiger partial charge in [-0.1, -0.05) is 36.4 Å². The zero-order chi connectivity index (χ0) is 15.1. The molecule has 0 unspecified atom stereocenters. The maximum atomic E-state index is 11.8. The van der Waals surface area contributed by atoms with Gasteiger partial charge >= 0.3 is 0 Å². The van der Waals surface area contributed by atoms with Crippen LogP contribution in [0.4, 0.5) is 0 Å². The fourth-order valence-corrected chi connectivity index (χ4v) is 1.74. The number of ketones is 1. The molecule has 0 fully saturated rings. The van der Waals surface area contributed by atoms with Crippen LogP contribution in [0.25, 0.3) is 12.2 Å². The van der Waals surface area contributed by atoms with Crippen LogP contribution in [-0.4, -0.2) is 18.0 Å². The summed E-state index contributed by atoms with van der Waals surface area (Å²) >= 11 is 0. The average Bonchev–Trinajstić information content (AvgIpc) is 2.52. The number of carbonyl (C=O) groups is 1. The summed E-state index contributed by atoms with van der Waals surface area (Å²) in [6.45, 7) is 0. The molecule has 21 heavy (non-hydrogen) atoms. The number of allylic oxidation sites excluding steroid dienone is 2. The number of carbonyl (C=O) groups excluding carboxylic acids is 1. The maximum absolute atomic E-state index is 11.8. The van der Waals surface area contributed by atoms with Crippen LogP contribution < -0.4 is 4.74 Å². The molecule has 0 aliphatic rings. The third kappa shape index (κ3) is 4.66. The molecule has 0 bridgehead atoms. The molecule has 0 amide bonds. The minimum absolute atomic E-state index is 0.106. The predicted octanol–water partition coefficient (Wildman–Crippen LogP) is 3.70. The van der Waals surface area contributed by atoms with E-state index in [1.807, 2.05) is 24.3 Å². The van der Waals surface area contributed by atoms with E-state index in [9.17, 15) is 9.90 Å². The van der Waals surface area contributed by atoms with Crippen LogP contribution in [0.5, 0.6) is 11.5 Å². The third-order valence-electron chi connectivity index (χ3n) is 2.87. The Labute approximate surface area is 123 Å². The summed E-state index contributed by atoms with van der Waals surface area (Å²) in [6, 6.07) is 14.1. The highest BCUT2D eigenvalue weighted by molar-refractivity contribution is 6.04. The smallest absolute Gasteiger partial charge is 0.178 e. The van der Waals surface area contributed by atoms with Gasteiger partial charge in [-0.2, -0.15) is 0 Å². The van der Waals surface area contributed by atoms with Gasteiger partial charge in [0, 0.05) is 0 Å². The zero-order valence-corrected chi connectivity index (χ0v) is 11.7. The molecule has 2 aromatic rings. The number of phenols is 1. The van der Waals surface area contributed by atoms with E-state index in [4.69, 9.17) is 4.74 Å². The number of hydrogen-bond donors (Lipinski definition) is 1. The standard InChI is InChI=1S/C18H16O3/c1-21-18-4-2-3-15(13-18)8-12-17(20)11-7-14-5-9-16(19)10-6-14/h2-13,19H,1H3/b11-7+,12-8+. The normalized spacial score (nSPS) is 11.1. The van der Waals surface area contributed by atoms with Gasteiger partial charge in [0.15, 0.2) is 5.78 Å². The van der Waals surface area contributed by atoms with Gasteiger partial charge in [0.2, 0.25) is 0 Å². The van der Waals surface area contributed by atoms with Gasteiger partial charge in [-0.3, -0.25) is 4.79 Å². The lowest BCUT2D eigenvalue weighted by atomic mass is 10.1. The zero-order valence-electron chi connectivity index (χ0n) is 11.7. The number of hydrogen-bond acceptors (Lipinski definition) is 3. The molecule has 0 aliphatic carbocycles. The molecule has 0 spiro atoms. The van der Waals surface area contributed by atoms with Gasteiger partial charge in [-0.15, -0.1) is 0 Å². The van der Waals surface area contributed by atoms with Crippen LogP contribution in [0.2, 0.25) is 0 Å².